The lowest BCUT2D eigenvalue weighted by Gasteiger charge is -2.07. The van der Waals surface area contributed by atoms with Crippen molar-refractivity contribution in [2.24, 2.45) is 11.5 Å². The quantitative estimate of drug-likeness (QED) is 0.289. The maximum absolute atomic E-state index is 10.8. The van der Waals surface area contributed by atoms with E-state index in [2.05, 4.69) is 5.32 Å². The minimum absolute atomic E-state index is 0.0298. The number of nitrogens with two attached hydrogens (primary N) is 2. The Labute approximate surface area is 150 Å². The highest BCUT2D eigenvalue weighted by Gasteiger charge is 2.38. The molecule has 0 radical (unpaired) electrons. The van der Waals surface area contributed by atoms with Crippen LogP contribution in [0.4, 0.5) is 13.2 Å². The van der Waals surface area contributed by atoms with Crippen LogP contribution in [0.2, 0.25) is 0 Å². The molecule has 26 heavy (non-hydrogen) atoms. The molecule has 0 rings (SSSR count). The van der Waals surface area contributed by atoms with Crippen LogP contribution in [0.25, 0.3) is 0 Å². The van der Waals surface area contributed by atoms with Crippen molar-refractivity contribution in [3.63, 3.8) is 0 Å². The van der Waals surface area contributed by atoms with Gasteiger partial charge in [-0.2, -0.15) is 13.2 Å². The highest BCUT2D eigenvalue weighted by Crippen LogP contribution is 2.13. The molecule has 0 spiro atoms. The molecule has 0 saturated carbocycles. The lowest BCUT2D eigenvalue weighted by molar-refractivity contribution is -0.192. The lowest BCUT2D eigenvalue weighted by Crippen LogP contribution is -2.31. The van der Waals surface area contributed by atoms with Crippen LogP contribution in [-0.4, -0.2) is 82.4 Å². The molecule has 0 bridgehead atoms. The van der Waals surface area contributed by atoms with E-state index < -0.39 is 12.1 Å². The average molecular weight is 391 g/mol. The van der Waals surface area contributed by atoms with Crippen LogP contribution < -0.4 is 16.8 Å². The highest BCUT2D eigenvalue weighted by molar-refractivity contribution is 5.77. The van der Waals surface area contributed by atoms with Gasteiger partial charge in [-0.15, -0.1) is 0 Å². The summed E-state index contributed by atoms with van der Waals surface area (Å²) in [7, 11) is 0. The van der Waals surface area contributed by atoms with Gasteiger partial charge in [0.15, 0.2) is 0 Å². The predicted molar refractivity (Wildman–Crippen MR) is 86.5 cm³/mol. The van der Waals surface area contributed by atoms with Gasteiger partial charge in [-0.1, -0.05) is 0 Å². The Hall–Kier alpha value is -1.47. The van der Waals surface area contributed by atoms with E-state index in [1.807, 2.05) is 0 Å². The van der Waals surface area contributed by atoms with Crippen LogP contribution in [0.5, 0.6) is 0 Å². The first kappa shape index (κ1) is 26.8. The third-order valence-corrected chi connectivity index (χ3v) is 2.45. The van der Waals surface area contributed by atoms with E-state index in [9.17, 15) is 18.0 Å². The largest absolute Gasteiger partial charge is 0.490 e. The molecule has 156 valence electrons. The van der Waals surface area contributed by atoms with Crippen molar-refractivity contribution in [2.45, 2.75) is 19.0 Å². The Morgan fingerprint density at radius 1 is 0.885 bits per heavy atom. The number of hydrogen-bond acceptors (Lipinski definition) is 7. The van der Waals surface area contributed by atoms with E-state index in [1.54, 1.807) is 0 Å². The average Bonchev–Trinajstić information content (AvgIpc) is 2.58. The fourth-order valence-electron chi connectivity index (χ4n) is 1.20. The van der Waals surface area contributed by atoms with Gasteiger partial charge in [0.25, 0.3) is 0 Å². The van der Waals surface area contributed by atoms with Gasteiger partial charge in [0.05, 0.1) is 33.0 Å². The van der Waals surface area contributed by atoms with E-state index in [0.29, 0.717) is 52.7 Å². The number of nitrogens with one attached hydrogen (secondary N) is 1. The molecule has 0 aromatic heterocycles. The fourth-order valence-corrected chi connectivity index (χ4v) is 1.20. The maximum Gasteiger partial charge on any atom is 0.490 e. The molecular weight excluding hydrogens is 363 g/mol. The van der Waals surface area contributed by atoms with Crippen LogP contribution in [0.3, 0.4) is 0 Å². The molecular formula is C14H28F3N3O6. The second-order valence-corrected chi connectivity index (χ2v) is 4.69. The van der Waals surface area contributed by atoms with Crippen molar-refractivity contribution >= 4 is 11.9 Å². The third-order valence-electron chi connectivity index (χ3n) is 2.45. The predicted octanol–water partition coefficient (Wildman–Crippen LogP) is -0.517. The molecule has 0 saturated heterocycles. The minimum atomic E-state index is -5.08. The minimum Gasteiger partial charge on any atom is -0.475 e. The van der Waals surface area contributed by atoms with Crippen molar-refractivity contribution in [1.82, 2.24) is 5.32 Å². The number of carbonyl (C=O) groups excluding carboxylic acids is 1. The summed E-state index contributed by atoms with van der Waals surface area (Å²) in [6.45, 7) is 4.81. The standard InChI is InChI=1S/C12H27N3O4.C2HF3O2/c13-3-1-5-17-7-9-19-10-8-18-6-2-4-15-12(16)11-14;3-2(4,5)1(6)7/h1-11,13-14H2,(H,15,16);(H,6,7). The summed E-state index contributed by atoms with van der Waals surface area (Å²) in [5, 5.41) is 9.79. The summed E-state index contributed by atoms with van der Waals surface area (Å²) in [6, 6.07) is 0. The molecule has 0 fully saturated rings. The summed E-state index contributed by atoms with van der Waals surface area (Å²) in [4.78, 5) is 19.7. The summed E-state index contributed by atoms with van der Waals surface area (Å²) in [6.07, 6.45) is -3.43. The number of aliphatic carboxylic acids is 1. The number of hydrogen-bond donors (Lipinski definition) is 4. The zero-order chi connectivity index (χ0) is 20.3. The summed E-state index contributed by atoms with van der Waals surface area (Å²) in [5.41, 5.74) is 10.5. The number of rotatable bonds is 14. The van der Waals surface area contributed by atoms with Gasteiger partial charge in [-0.25, -0.2) is 4.79 Å². The lowest BCUT2D eigenvalue weighted by atomic mass is 10.4. The molecule has 0 aliphatic carbocycles. The molecule has 0 heterocycles. The normalized spacial score (nSPS) is 10.8. The maximum atomic E-state index is 10.8. The molecule has 0 aromatic carbocycles. The van der Waals surface area contributed by atoms with Gasteiger partial charge in [0, 0.05) is 19.8 Å². The van der Waals surface area contributed by atoms with Crippen molar-refractivity contribution < 1.29 is 42.1 Å². The number of alkyl halides is 3. The Balaban J connectivity index is 0. The molecule has 12 heteroatoms. The zero-order valence-corrected chi connectivity index (χ0v) is 14.6. The highest BCUT2D eigenvalue weighted by atomic mass is 19.4. The Morgan fingerprint density at radius 3 is 1.69 bits per heavy atom. The Bertz CT molecular complexity index is 359. The van der Waals surface area contributed by atoms with Gasteiger partial charge >= 0.3 is 12.1 Å². The van der Waals surface area contributed by atoms with Crippen molar-refractivity contribution in [1.29, 1.82) is 0 Å². The summed E-state index contributed by atoms with van der Waals surface area (Å²) < 4.78 is 47.6. The SMILES string of the molecule is NCCCOCCOCCOCCCNC(=O)CN.O=C(O)C(F)(F)F. The van der Waals surface area contributed by atoms with E-state index in [4.69, 9.17) is 35.6 Å². The molecule has 0 aromatic rings. The second-order valence-electron chi connectivity index (χ2n) is 4.69. The summed E-state index contributed by atoms with van der Waals surface area (Å²) >= 11 is 0. The smallest absolute Gasteiger partial charge is 0.475 e. The number of carbonyl (C=O) groups is 2. The molecule has 0 atom stereocenters. The number of carboxylic acids is 1. The van der Waals surface area contributed by atoms with E-state index in [-0.39, 0.29) is 12.5 Å². The molecule has 6 N–H and O–H groups in total. The third kappa shape index (κ3) is 22.5. The van der Waals surface area contributed by atoms with Crippen LogP contribution in [-0.2, 0) is 23.8 Å². The molecule has 1 amide bonds. The van der Waals surface area contributed by atoms with E-state index >= 15 is 0 Å². The second kappa shape index (κ2) is 18.3. The van der Waals surface area contributed by atoms with Gasteiger partial charge in [-0.05, 0) is 19.4 Å². The first-order valence-corrected chi connectivity index (χ1v) is 7.95. The van der Waals surface area contributed by atoms with Gasteiger partial charge in [0.1, 0.15) is 0 Å². The van der Waals surface area contributed by atoms with Crippen LogP contribution in [0.1, 0.15) is 12.8 Å². The van der Waals surface area contributed by atoms with Crippen LogP contribution in [0.15, 0.2) is 0 Å². The molecule has 0 aliphatic rings. The molecule has 0 aliphatic heterocycles. The first-order valence-electron chi connectivity index (χ1n) is 7.95. The molecule has 0 unspecified atom stereocenters. The fraction of sp³-hybridized carbons (Fsp3) is 0.857. The first-order chi connectivity index (χ1) is 12.3. The molecule has 9 nitrogen and oxygen atoms in total. The van der Waals surface area contributed by atoms with Crippen LogP contribution in [0, 0.1) is 0 Å². The number of amides is 1. The summed E-state index contributed by atoms with van der Waals surface area (Å²) in [5.74, 6) is -2.90. The Kier molecular flexibility index (Phi) is 18.9. The number of ether oxygens (including phenoxy) is 3. The van der Waals surface area contributed by atoms with Gasteiger partial charge in [0.2, 0.25) is 5.91 Å². The monoisotopic (exact) mass is 391 g/mol. The van der Waals surface area contributed by atoms with Gasteiger partial charge in [-0.3, -0.25) is 4.79 Å². The van der Waals surface area contributed by atoms with Crippen molar-refractivity contribution in [2.75, 3.05) is 59.3 Å². The van der Waals surface area contributed by atoms with Crippen LogP contribution >= 0.6 is 0 Å². The van der Waals surface area contributed by atoms with Crippen molar-refractivity contribution in [3.05, 3.63) is 0 Å². The van der Waals surface area contributed by atoms with Gasteiger partial charge < -0.3 is 36.1 Å². The van der Waals surface area contributed by atoms with E-state index in [1.165, 1.54) is 0 Å². The van der Waals surface area contributed by atoms with Crippen molar-refractivity contribution in [3.8, 4) is 0 Å². The Morgan fingerprint density at radius 2 is 1.31 bits per heavy atom. The number of halogens is 3. The number of carboxylic acid groups (broad SMARTS) is 1. The van der Waals surface area contributed by atoms with E-state index in [0.717, 1.165) is 12.8 Å². The topological polar surface area (TPSA) is 146 Å². The zero-order valence-electron chi connectivity index (χ0n) is 14.6.